The molecule has 1 atom stereocenters. The Labute approximate surface area is 156 Å². The summed E-state index contributed by atoms with van der Waals surface area (Å²) in [6, 6.07) is 17.5. The maximum absolute atomic E-state index is 12.5. The first-order valence-corrected chi connectivity index (χ1v) is 8.81. The second kappa shape index (κ2) is 7.32. The van der Waals surface area contributed by atoms with E-state index in [0.29, 0.717) is 30.4 Å². The van der Waals surface area contributed by atoms with Gasteiger partial charge in [0, 0.05) is 11.6 Å². The smallest absolute Gasteiger partial charge is 0.272 e. The number of rotatable bonds is 4. The SMILES string of the molecule is O=C(NCc1cccc(Cl)c1)c1ncn2c1CO[C@@H](c1ccccc1)C2. The van der Waals surface area contributed by atoms with Crippen molar-refractivity contribution in [2.45, 2.75) is 25.8 Å². The van der Waals surface area contributed by atoms with Crippen molar-refractivity contribution in [1.82, 2.24) is 14.9 Å². The molecule has 1 amide bonds. The van der Waals surface area contributed by atoms with Crippen LogP contribution in [0.1, 0.15) is 33.4 Å². The van der Waals surface area contributed by atoms with Crippen molar-refractivity contribution in [2.75, 3.05) is 0 Å². The number of carbonyl (C=O) groups excluding carboxylic acids is 1. The number of nitrogens with zero attached hydrogens (tertiary/aromatic N) is 2. The predicted octanol–water partition coefficient (Wildman–Crippen LogP) is 3.74. The van der Waals surface area contributed by atoms with Gasteiger partial charge in [-0.15, -0.1) is 0 Å². The molecule has 1 aromatic heterocycles. The van der Waals surface area contributed by atoms with Crippen molar-refractivity contribution in [3.8, 4) is 0 Å². The summed E-state index contributed by atoms with van der Waals surface area (Å²) in [6.07, 6.45) is 1.68. The van der Waals surface area contributed by atoms with E-state index in [-0.39, 0.29) is 12.0 Å². The number of benzene rings is 2. The zero-order valence-corrected chi connectivity index (χ0v) is 14.8. The van der Waals surface area contributed by atoms with Gasteiger partial charge in [-0.3, -0.25) is 4.79 Å². The third kappa shape index (κ3) is 3.49. The van der Waals surface area contributed by atoms with Gasteiger partial charge in [0.05, 0.1) is 25.2 Å². The summed E-state index contributed by atoms with van der Waals surface area (Å²) >= 11 is 5.97. The average Bonchev–Trinajstić information content (AvgIpc) is 3.10. The normalized spacial score (nSPS) is 16.1. The molecule has 0 fully saturated rings. The molecule has 5 nitrogen and oxygen atoms in total. The zero-order valence-electron chi connectivity index (χ0n) is 14.1. The molecule has 1 aliphatic heterocycles. The van der Waals surface area contributed by atoms with Gasteiger partial charge in [-0.1, -0.05) is 54.1 Å². The van der Waals surface area contributed by atoms with Gasteiger partial charge >= 0.3 is 0 Å². The Balaban J connectivity index is 1.45. The highest BCUT2D eigenvalue weighted by Gasteiger charge is 2.26. The third-order valence-electron chi connectivity index (χ3n) is 4.46. The molecule has 0 saturated carbocycles. The number of carbonyl (C=O) groups is 1. The Bertz CT molecular complexity index is 924. The topological polar surface area (TPSA) is 56.2 Å². The highest BCUT2D eigenvalue weighted by Crippen LogP contribution is 2.27. The van der Waals surface area contributed by atoms with E-state index < -0.39 is 0 Å². The molecule has 0 saturated heterocycles. The first-order chi connectivity index (χ1) is 12.7. The minimum absolute atomic E-state index is 0.0275. The van der Waals surface area contributed by atoms with Crippen LogP contribution in [0.2, 0.25) is 5.02 Å². The average molecular weight is 368 g/mol. The van der Waals surface area contributed by atoms with E-state index in [9.17, 15) is 4.79 Å². The van der Waals surface area contributed by atoms with E-state index in [4.69, 9.17) is 16.3 Å². The van der Waals surface area contributed by atoms with E-state index in [1.165, 1.54) is 0 Å². The Morgan fingerprint density at radius 3 is 2.88 bits per heavy atom. The van der Waals surface area contributed by atoms with Crippen LogP contribution in [-0.2, 0) is 24.4 Å². The fourth-order valence-electron chi connectivity index (χ4n) is 3.10. The molecule has 6 heteroatoms. The summed E-state index contributed by atoms with van der Waals surface area (Å²) in [5.41, 5.74) is 3.29. The fraction of sp³-hybridized carbons (Fsp3) is 0.200. The van der Waals surface area contributed by atoms with Gasteiger partial charge in [0.15, 0.2) is 5.69 Å². The van der Waals surface area contributed by atoms with Crippen LogP contribution in [0, 0.1) is 0 Å². The maximum atomic E-state index is 12.5. The van der Waals surface area contributed by atoms with E-state index in [0.717, 1.165) is 16.8 Å². The maximum Gasteiger partial charge on any atom is 0.272 e. The first-order valence-electron chi connectivity index (χ1n) is 8.44. The van der Waals surface area contributed by atoms with Crippen molar-refractivity contribution in [1.29, 1.82) is 0 Å². The first kappa shape index (κ1) is 16.8. The summed E-state index contributed by atoms with van der Waals surface area (Å²) in [4.78, 5) is 16.8. The van der Waals surface area contributed by atoms with Gasteiger partial charge in [0.25, 0.3) is 5.91 Å². The molecule has 26 heavy (non-hydrogen) atoms. The van der Waals surface area contributed by atoms with E-state index >= 15 is 0 Å². The van der Waals surface area contributed by atoms with Gasteiger partial charge in [-0.2, -0.15) is 0 Å². The molecule has 0 bridgehead atoms. The van der Waals surface area contributed by atoms with Gasteiger partial charge in [0.2, 0.25) is 0 Å². The number of nitrogens with one attached hydrogen (secondary N) is 1. The third-order valence-corrected chi connectivity index (χ3v) is 4.69. The second-order valence-corrected chi connectivity index (χ2v) is 6.65. The van der Waals surface area contributed by atoms with E-state index in [1.807, 2.05) is 53.1 Å². The molecule has 0 spiro atoms. The van der Waals surface area contributed by atoms with Crippen molar-refractivity contribution in [2.24, 2.45) is 0 Å². The number of hydrogen-bond donors (Lipinski definition) is 1. The van der Waals surface area contributed by atoms with Gasteiger partial charge in [-0.05, 0) is 23.3 Å². The number of ether oxygens (including phenoxy) is 1. The lowest BCUT2D eigenvalue weighted by atomic mass is 10.1. The zero-order chi connectivity index (χ0) is 17.9. The van der Waals surface area contributed by atoms with Gasteiger partial charge in [-0.25, -0.2) is 4.98 Å². The van der Waals surface area contributed by atoms with Gasteiger partial charge < -0.3 is 14.6 Å². The van der Waals surface area contributed by atoms with Crippen LogP contribution in [0.25, 0.3) is 0 Å². The highest BCUT2D eigenvalue weighted by molar-refractivity contribution is 6.30. The predicted molar refractivity (Wildman–Crippen MR) is 98.8 cm³/mol. The van der Waals surface area contributed by atoms with E-state index in [1.54, 1.807) is 12.4 Å². The molecule has 4 rings (SSSR count). The van der Waals surface area contributed by atoms with Crippen LogP contribution in [0.4, 0.5) is 0 Å². The molecule has 2 aromatic carbocycles. The minimum Gasteiger partial charge on any atom is -0.365 e. The molecule has 2 heterocycles. The van der Waals surface area contributed by atoms with Crippen LogP contribution in [0.5, 0.6) is 0 Å². The standard InChI is InChI=1S/C20H18ClN3O2/c21-16-8-4-5-14(9-16)10-22-20(25)19-17-12-26-18(11-24(17)13-23-19)15-6-2-1-3-7-15/h1-9,13,18H,10-12H2,(H,22,25)/t18-/m1/s1. The van der Waals surface area contributed by atoms with E-state index in [2.05, 4.69) is 10.3 Å². The summed E-state index contributed by atoms with van der Waals surface area (Å²) in [5, 5.41) is 3.54. The molecule has 1 aliphatic rings. The summed E-state index contributed by atoms with van der Waals surface area (Å²) in [7, 11) is 0. The molecular weight excluding hydrogens is 350 g/mol. The summed E-state index contributed by atoms with van der Waals surface area (Å²) in [5.74, 6) is -0.208. The molecule has 3 aromatic rings. The molecule has 1 N–H and O–H groups in total. The number of fused-ring (bicyclic) bond motifs is 1. The lowest BCUT2D eigenvalue weighted by molar-refractivity contribution is 0.00257. The molecular formula is C20H18ClN3O2. The van der Waals surface area contributed by atoms with Crippen LogP contribution in [0.3, 0.4) is 0 Å². The molecule has 0 unspecified atom stereocenters. The van der Waals surface area contributed by atoms with Crippen molar-refractivity contribution in [3.63, 3.8) is 0 Å². The number of halogens is 1. The Hall–Kier alpha value is -2.63. The van der Waals surface area contributed by atoms with Crippen molar-refractivity contribution in [3.05, 3.63) is 88.5 Å². The minimum atomic E-state index is -0.208. The molecule has 0 aliphatic carbocycles. The lowest BCUT2D eigenvalue weighted by Gasteiger charge is -2.25. The van der Waals surface area contributed by atoms with Gasteiger partial charge in [0.1, 0.15) is 6.10 Å². The van der Waals surface area contributed by atoms with Crippen LogP contribution >= 0.6 is 11.6 Å². The quantitative estimate of drug-likeness (QED) is 0.764. The van der Waals surface area contributed by atoms with Crippen molar-refractivity contribution < 1.29 is 9.53 Å². The second-order valence-electron chi connectivity index (χ2n) is 6.22. The van der Waals surface area contributed by atoms with Crippen LogP contribution in [-0.4, -0.2) is 15.5 Å². The number of aromatic nitrogens is 2. The number of hydrogen-bond acceptors (Lipinski definition) is 3. The number of imidazole rings is 1. The van der Waals surface area contributed by atoms with Crippen LogP contribution in [0.15, 0.2) is 60.9 Å². The molecule has 132 valence electrons. The molecule has 0 radical (unpaired) electrons. The monoisotopic (exact) mass is 367 g/mol. The highest BCUT2D eigenvalue weighted by atomic mass is 35.5. The summed E-state index contributed by atoms with van der Waals surface area (Å²) in [6.45, 7) is 1.41. The fourth-order valence-corrected chi connectivity index (χ4v) is 3.31. The lowest BCUT2D eigenvalue weighted by Crippen LogP contribution is -2.27. The Kier molecular flexibility index (Phi) is 4.73. The summed E-state index contributed by atoms with van der Waals surface area (Å²) < 4.78 is 7.96. The largest absolute Gasteiger partial charge is 0.365 e. The Morgan fingerprint density at radius 1 is 1.23 bits per heavy atom. The van der Waals surface area contributed by atoms with Crippen molar-refractivity contribution >= 4 is 17.5 Å². The number of amides is 1. The van der Waals surface area contributed by atoms with Crippen LogP contribution < -0.4 is 5.32 Å². The Morgan fingerprint density at radius 2 is 2.08 bits per heavy atom.